The Bertz CT molecular complexity index is 190. The lowest BCUT2D eigenvalue weighted by atomic mass is 10.1. The monoisotopic (exact) mass is 186 g/mol. The zero-order valence-electron chi connectivity index (χ0n) is 8.46. The van der Waals surface area contributed by atoms with Gasteiger partial charge in [0.1, 0.15) is 6.04 Å². The molecule has 0 aliphatic rings. The molecule has 0 bridgehead atoms. The maximum Gasteiger partial charge on any atom is 0.239 e. The van der Waals surface area contributed by atoms with E-state index in [0.29, 0.717) is 18.8 Å². The topological polar surface area (TPSA) is 72.2 Å². The molecule has 0 aromatic heterocycles. The van der Waals surface area contributed by atoms with E-state index in [1.54, 1.807) is 0 Å². The van der Waals surface area contributed by atoms with Crippen LogP contribution in [-0.4, -0.2) is 17.9 Å². The first kappa shape index (κ1) is 11.9. The number of nitrogens with one attached hydrogen (secondary N) is 1. The highest BCUT2D eigenvalue weighted by atomic mass is 16.2. The maximum atomic E-state index is 11.2. The summed E-state index contributed by atoms with van der Waals surface area (Å²) in [6.45, 7) is 5.71. The lowest BCUT2D eigenvalue weighted by molar-refractivity contribution is -0.127. The average Bonchev–Trinajstić information content (AvgIpc) is 1.98. The summed E-state index contributed by atoms with van der Waals surface area (Å²) in [6.07, 6.45) is 0.975. The predicted octanol–water partition coefficient (Wildman–Crippen LogP) is 0.413. The summed E-state index contributed by atoms with van der Waals surface area (Å²) in [5, 5.41) is 2.58. The van der Waals surface area contributed by atoms with Crippen molar-refractivity contribution in [2.24, 2.45) is 11.7 Å². The highest BCUT2D eigenvalue weighted by Crippen LogP contribution is 1.99. The van der Waals surface area contributed by atoms with Crippen LogP contribution in [0.5, 0.6) is 0 Å². The van der Waals surface area contributed by atoms with Gasteiger partial charge < -0.3 is 11.1 Å². The molecule has 0 heterocycles. The van der Waals surface area contributed by atoms with Crippen molar-refractivity contribution in [2.75, 3.05) is 0 Å². The molecule has 4 nitrogen and oxygen atoms in total. The molecule has 0 rings (SSSR count). The van der Waals surface area contributed by atoms with Crippen molar-refractivity contribution < 1.29 is 9.59 Å². The van der Waals surface area contributed by atoms with Crippen molar-refractivity contribution in [3.8, 4) is 0 Å². The van der Waals surface area contributed by atoms with Gasteiger partial charge in [-0.05, 0) is 12.3 Å². The van der Waals surface area contributed by atoms with Crippen LogP contribution < -0.4 is 11.1 Å². The van der Waals surface area contributed by atoms with Gasteiger partial charge in [-0.15, -0.1) is 0 Å². The first-order chi connectivity index (χ1) is 5.97. The molecule has 0 aromatic carbocycles. The van der Waals surface area contributed by atoms with Crippen molar-refractivity contribution >= 4 is 11.8 Å². The highest BCUT2D eigenvalue weighted by Gasteiger charge is 2.15. The molecule has 4 heteroatoms. The largest absolute Gasteiger partial charge is 0.368 e. The Kier molecular flexibility index (Phi) is 5.11. The SMILES string of the molecule is CC[C@@H](NC(=O)CC(C)C)C(N)=O. The number of rotatable bonds is 5. The van der Waals surface area contributed by atoms with Crippen LogP contribution in [0.15, 0.2) is 0 Å². The molecular formula is C9H18N2O2. The number of hydrogen-bond donors (Lipinski definition) is 2. The fourth-order valence-electron chi connectivity index (χ4n) is 0.998. The zero-order chi connectivity index (χ0) is 10.4. The Morgan fingerprint density at radius 1 is 1.38 bits per heavy atom. The van der Waals surface area contributed by atoms with E-state index in [9.17, 15) is 9.59 Å². The second-order valence-corrected chi connectivity index (χ2v) is 3.53. The summed E-state index contributed by atoms with van der Waals surface area (Å²) < 4.78 is 0. The van der Waals surface area contributed by atoms with Crippen LogP contribution in [0.3, 0.4) is 0 Å². The van der Waals surface area contributed by atoms with Gasteiger partial charge in [0.15, 0.2) is 0 Å². The molecule has 2 amide bonds. The molecule has 0 spiro atoms. The fourth-order valence-corrected chi connectivity index (χ4v) is 0.998. The molecule has 0 unspecified atom stereocenters. The van der Waals surface area contributed by atoms with E-state index in [2.05, 4.69) is 5.32 Å². The molecule has 0 aromatic rings. The summed E-state index contributed by atoms with van der Waals surface area (Å²) in [4.78, 5) is 22.0. The van der Waals surface area contributed by atoms with Crippen LogP contribution >= 0.6 is 0 Å². The third-order valence-electron chi connectivity index (χ3n) is 1.68. The van der Waals surface area contributed by atoms with Gasteiger partial charge >= 0.3 is 0 Å². The first-order valence-electron chi connectivity index (χ1n) is 4.56. The fraction of sp³-hybridized carbons (Fsp3) is 0.778. The van der Waals surface area contributed by atoms with E-state index in [-0.39, 0.29) is 5.91 Å². The minimum atomic E-state index is -0.522. The van der Waals surface area contributed by atoms with Crippen molar-refractivity contribution in [3.63, 3.8) is 0 Å². The normalized spacial score (nSPS) is 12.6. The first-order valence-corrected chi connectivity index (χ1v) is 4.56. The molecule has 0 saturated heterocycles. The van der Waals surface area contributed by atoms with Crippen molar-refractivity contribution in [3.05, 3.63) is 0 Å². The van der Waals surface area contributed by atoms with Crippen LogP contribution in [-0.2, 0) is 9.59 Å². The zero-order valence-corrected chi connectivity index (χ0v) is 8.46. The smallest absolute Gasteiger partial charge is 0.239 e. The Morgan fingerprint density at radius 2 is 1.92 bits per heavy atom. The van der Waals surface area contributed by atoms with Gasteiger partial charge in [0.25, 0.3) is 0 Å². The highest BCUT2D eigenvalue weighted by molar-refractivity contribution is 5.86. The molecule has 0 aliphatic heterocycles. The number of hydrogen-bond acceptors (Lipinski definition) is 2. The standard InChI is InChI=1S/C9H18N2O2/c1-4-7(9(10)13)11-8(12)5-6(2)3/h6-7H,4-5H2,1-3H3,(H2,10,13)(H,11,12)/t7-/m1/s1. The van der Waals surface area contributed by atoms with E-state index in [1.807, 2.05) is 20.8 Å². The van der Waals surface area contributed by atoms with E-state index in [4.69, 9.17) is 5.73 Å². The Balaban J connectivity index is 3.94. The van der Waals surface area contributed by atoms with Crippen molar-refractivity contribution in [1.29, 1.82) is 0 Å². The minimum absolute atomic E-state index is 0.111. The van der Waals surface area contributed by atoms with Crippen molar-refractivity contribution in [1.82, 2.24) is 5.32 Å². The summed E-state index contributed by atoms with van der Waals surface area (Å²) in [5.74, 6) is -0.286. The molecule has 76 valence electrons. The van der Waals surface area contributed by atoms with Gasteiger partial charge in [-0.1, -0.05) is 20.8 Å². The predicted molar refractivity (Wildman–Crippen MR) is 50.9 cm³/mol. The number of amides is 2. The summed E-state index contributed by atoms with van der Waals surface area (Å²) in [5.41, 5.74) is 5.07. The van der Waals surface area contributed by atoms with Crippen LogP contribution in [0.4, 0.5) is 0 Å². The van der Waals surface area contributed by atoms with Crippen LogP contribution in [0.25, 0.3) is 0 Å². The number of carbonyl (C=O) groups excluding carboxylic acids is 2. The lowest BCUT2D eigenvalue weighted by Crippen LogP contribution is -2.44. The van der Waals surface area contributed by atoms with Crippen LogP contribution in [0, 0.1) is 5.92 Å². The van der Waals surface area contributed by atoms with E-state index >= 15 is 0 Å². The second-order valence-electron chi connectivity index (χ2n) is 3.53. The summed E-state index contributed by atoms with van der Waals surface area (Å²) in [6, 6.07) is -0.522. The molecule has 1 atom stereocenters. The van der Waals surface area contributed by atoms with E-state index in [1.165, 1.54) is 0 Å². The van der Waals surface area contributed by atoms with Gasteiger partial charge in [0.05, 0.1) is 0 Å². The number of carbonyl (C=O) groups is 2. The molecular weight excluding hydrogens is 168 g/mol. The number of primary amides is 1. The van der Waals surface area contributed by atoms with E-state index < -0.39 is 11.9 Å². The summed E-state index contributed by atoms with van der Waals surface area (Å²) in [7, 11) is 0. The van der Waals surface area contributed by atoms with Gasteiger partial charge in [-0.25, -0.2) is 0 Å². The average molecular weight is 186 g/mol. The van der Waals surface area contributed by atoms with Gasteiger partial charge in [-0.3, -0.25) is 9.59 Å². The molecule has 0 saturated carbocycles. The van der Waals surface area contributed by atoms with E-state index in [0.717, 1.165) is 0 Å². The molecule has 13 heavy (non-hydrogen) atoms. The number of nitrogens with two attached hydrogens (primary N) is 1. The minimum Gasteiger partial charge on any atom is -0.368 e. The molecule has 0 fully saturated rings. The van der Waals surface area contributed by atoms with Crippen LogP contribution in [0.1, 0.15) is 33.6 Å². The lowest BCUT2D eigenvalue weighted by Gasteiger charge is -2.13. The Labute approximate surface area is 78.9 Å². The van der Waals surface area contributed by atoms with Gasteiger partial charge in [-0.2, -0.15) is 0 Å². The summed E-state index contributed by atoms with van der Waals surface area (Å²) >= 11 is 0. The molecule has 3 N–H and O–H groups in total. The molecule has 0 aliphatic carbocycles. The third-order valence-corrected chi connectivity index (χ3v) is 1.68. The molecule has 0 radical (unpaired) electrons. The van der Waals surface area contributed by atoms with Gasteiger partial charge in [0.2, 0.25) is 11.8 Å². The Hall–Kier alpha value is -1.06. The Morgan fingerprint density at radius 3 is 2.23 bits per heavy atom. The quantitative estimate of drug-likeness (QED) is 0.652. The van der Waals surface area contributed by atoms with Gasteiger partial charge in [0, 0.05) is 6.42 Å². The van der Waals surface area contributed by atoms with Crippen molar-refractivity contribution in [2.45, 2.75) is 39.7 Å². The maximum absolute atomic E-state index is 11.2. The second kappa shape index (κ2) is 5.56. The van der Waals surface area contributed by atoms with Crippen LogP contribution in [0.2, 0.25) is 0 Å². The third kappa shape index (κ3) is 5.22.